The van der Waals surface area contributed by atoms with E-state index in [1.807, 2.05) is 4.72 Å². The first-order valence-electron chi connectivity index (χ1n) is 8.29. The third-order valence-electron chi connectivity index (χ3n) is 3.94. The molecule has 0 radical (unpaired) electrons. The lowest BCUT2D eigenvalue weighted by atomic mass is 10.1. The number of carbonyl (C=O) groups excluding carboxylic acids is 3. The van der Waals surface area contributed by atoms with Gasteiger partial charge in [-0.05, 0) is 12.5 Å². The molecule has 1 aromatic carbocycles. The molecular weight excluding hydrogens is 406 g/mol. The summed E-state index contributed by atoms with van der Waals surface area (Å²) in [7, 11) is -4.35. The molecule has 1 fully saturated rings. The van der Waals surface area contributed by atoms with E-state index in [9.17, 15) is 27.9 Å². The Morgan fingerprint density at radius 1 is 1.31 bits per heavy atom. The number of aryl methyl sites for hydroxylation is 1. The molecular formula is C16H17N5O7S. The van der Waals surface area contributed by atoms with Crippen LogP contribution in [0.1, 0.15) is 17.4 Å². The molecule has 12 nitrogen and oxygen atoms in total. The lowest BCUT2D eigenvalue weighted by Gasteiger charge is -2.36. The van der Waals surface area contributed by atoms with Gasteiger partial charge >= 0.3 is 16.2 Å². The molecule has 2 aromatic rings. The normalized spacial score (nSPS) is 17.2. The summed E-state index contributed by atoms with van der Waals surface area (Å²) in [6, 6.07) is 7.12. The highest BCUT2D eigenvalue weighted by Crippen LogP contribution is 2.16. The lowest BCUT2D eigenvalue weighted by Crippen LogP contribution is -2.67. The quantitative estimate of drug-likeness (QED) is 0.447. The van der Waals surface area contributed by atoms with Crippen molar-refractivity contribution >= 4 is 33.9 Å². The van der Waals surface area contributed by atoms with Gasteiger partial charge in [0.2, 0.25) is 0 Å². The van der Waals surface area contributed by atoms with Crippen LogP contribution in [0.15, 0.2) is 40.9 Å². The van der Waals surface area contributed by atoms with E-state index in [1.165, 1.54) is 6.07 Å². The Morgan fingerprint density at radius 2 is 2.00 bits per heavy atom. The van der Waals surface area contributed by atoms with Crippen LogP contribution in [0.3, 0.4) is 0 Å². The Hall–Kier alpha value is -3.45. The second kappa shape index (κ2) is 7.89. The number of carbonyl (C=O) groups is 3. The van der Waals surface area contributed by atoms with E-state index in [0.29, 0.717) is 16.2 Å². The highest BCUT2D eigenvalue weighted by atomic mass is 32.2. The van der Waals surface area contributed by atoms with Crippen molar-refractivity contribution in [3.63, 3.8) is 0 Å². The smallest absolute Gasteiger partial charge is 0.339 e. The molecule has 13 heteroatoms. The molecule has 4 amide bonds. The standard InChI is InChI=1S/C16H17N5O7S/c1-9-7-12(18-28-9)19-29(26,27)20-16(25)21-8-11(15(21)24)17-14(23)13(22)10-5-3-2-4-6-10/h2-7,11,13,22H,8H2,1H3,(H,17,23)(H,18,19)(H,20,25)/t11-,13?/m0/s1. The van der Waals surface area contributed by atoms with E-state index in [0.717, 1.165) is 0 Å². The minimum absolute atomic E-state index is 0.141. The largest absolute Gasteiger partial charge is 0.378 e. The number of hydrogen-bond donors (Lipinski definition) is 4. The maximum atomic E-state index is 12.1. The molecule has 0 saturated carbocycles. The summed E-state index contributed by atoms with van der Waals surface area (Å²) in [5.41, 5.74) is 0.339. The summed E-state index contributed by atoms with van der Waals surface area (Å²) in [5.74, 6) is -1.42. The van der Waals surface area contributed by atoms with Crippen molar-refractivity contribution < 1.29 is 32.4 Å². The van der Waals surface area contributed by atoms with Gasteiger partial charge in [0.1, 0.15) is 11.8 Å². The average Bonchev–Trinajstić information content (AvgIpc) is 3.07. The van der Waals surface area contributed by atoms with Gasteiger partial charge in [-0.1, -0.05) is 35.5 Å². The number of imide groups is 1. The third kappa shape index (κ3) is 4.70. The molecule has 0 bridgehead atoms. The van der Waals surface area contributed by atoms with Crippen LogP contribution in [-0.4, -0.2) is 54.0 Å². The van der Waals surface area contributed by atoms with Gasteiger partial charge in [0, 0.05) is 6.07 Å². The van der Waals surface area contributed by atoms with Crippen LogP contribution >= 0.6 is 0 Å². The summed E-state index contributed by atoms with van der Waals surface area (Å²) < 4.78 is 32.1. The minimum atomic E-state index is -4.35. The van der Waals surface area contributed by atoms with Crippen molar-refractivity contribution in [3.8, 4) is 0 Å². The van der Waals surface area contributed by atoms with Crippen molar-refractivity contribution in [3.05, 3.63) is 47.7 Å². The van der Waals surface area contributed by atoms with Crippen LogP contribution in [0.2, 0.25) is 0 Å². The molecule has 1 unspecified atom stereocenters. The maximum Gasteiger partial charge on any atom is 0.339 e. The topological polar surface area (TPSA) is 171 Å². The van der Waals surface area contributed by atoms with Crippen LogP contribution in [0.5, 0.6) is 0 Å². The molecule has 1 saturated heterocycles. The van der Waals surface area contributed by atoms with Crippen molar-refractivity contribution in [2.24, 2.45) is 0 Å². The number of nitrogens with one attached hydrogen (secondary N) is 3. The third-order valence-corrected chi connectivity index (χ3v) is 4.86. The zero-order chi connectivity index (χ0) is 21.2. The Labute approximate surface area is 165 Å². The molecule has 3 rings (SSSR count). The summed E-state index contributed by atoms with van der Waals surface area (Å²) in [6.45, 7) is 1.29. The molecule has 154 valence electrons. The zero-order valence-corrected chi connectivity index (χ0v) is 15.8. The fourth-order valence-electron chi connectivity index (χ4n) is 2.50. The number of aliphatic hydroxyl groups is 1. The Bertz CT molecular complexity index is 1040. The van der Waals surface area contributed by atoms with Gasteiger partial charge in [0.05, 0.1) is 6.54 Å². The minimum Gasteiger partial charge on any atom is -0.378 e. The molecule has 2 heterocycles. The van der Waals surface area contributed by atoms with E-state index in [4.69, 9.17) is 4.52 Å². The van der Waals surface area contributed by atoms with Crippen LogP contribution in [0.25, 0.3) is 0 Å². The predicted octanol–water partition coefficient (Wildman–Crippen LogP) is -0.590. The number of amides is 4. The summed E-state index contributed by atoms with van der Waals surface area (Å²) in [4.78, 5) is 36.7. The van der Waals surface area contributed by atoms with Crippen molar-refractivity contribution in [1.82, 2.24) is 20.1 Å². The number of benzene rings is 1. The van der Waals surface area contributed by atoms with Crippen LogP contribution in [0.4, 0.5) is 10.6 Å². The maximum absolute atomic E-state index is 12.1. The van der Waals surface area contributed by atoms with E-state index < -0.39 is 40.2 Å². The molecule has 1 aliphatic heterocycles. The number of rotatable bonds is 6. The van der Waals surface area contributed by atoms with Gasteiger partial charge in [-0.15, -0.1) is 0 Å². The molecule has 4 N–H and O–H groups in total. The van der Waals surface area contributed by atoms with Crippen LogP contribution in [-0.2, 0) is 19.8 Å². The Balaban J connectivity index is 1.52. The van der Waals surface area contributed by atoms with Gasteiger partial charge in [-0.25, -0.2) is 14.2 Å². The fraction of sp³-hybridized carbons (Fsp3) is 0.250. The van der Waals surface area contributed by atoms with E-state index >= 15 is 0 Å². The second-order valence-electron chi connectivity index (χ2n) is 6.16. The predicted molar refractivity (Wildman–Crippen MR) is 97.4 cm³/mol. The summed E-state index contributed by atoms with van der Waals surface area (Å²) >= 11 is 0. The van der Waals surface area contributed by atoms with Crippen LogP contribution in [0, 0.1) is 6.92 Å². The highest BCUT2D eigenvalue weighted by Gasteiger charge is 2.43. The number of hydrogen-bond acceptors (Lipinski definition) is 8. The van der Waals surface area contributed by atoms with Gasteiger partial charge in [-0.2, -0.15) is 8.42 Å². The highest BCUT2D eigenvalue weighted by molar-refractivity contribution is 7.91. The summed E-state index contributed by atoms with van der Waals surface area (Å²) in [5, 5.41) is 15.7. The van der Waals surface area contributed by atoms with Gasteiger partial charge in [0.15, 0.2) is 11.9 Å². The average molecular weight is 423 g/mol. The number of β-lactam (4-membered cyclic amide) rings is 1. The van der Waals surface area contributed by atoms with E-state index in [-0.39, 0.29) is 12.4 Å². The Kier molecular flexibility index (Phi) is 5.52. The molecule has 1 aliphatic rings. The zero-order valence-electron chi connectivity index (χ0n) is 15.0. The number of aromatic nitrogens is 1. The van der Waals surface area contributed by atoms with Crippen LogP contribution < -0.4 is 14.8 Å². The first kappa shape index (κ1) is 20.3. The Morgan fingerprint density at radius 3 is 2.59 bits per heavy atom. The first-order chi connectivity index (χ1) is 13.7. The van der Waals surface area contributed by atoms with Crippen molar-refractivity contribution in [2.45, 2.75) is 19.1 Å². The van der Waals surface area contributed by atoms with Gasteiger partial charge in [-0.3, -0.25) is 14.5 Å². The molecule has 29 heavy (non-hydrogen) atoms. The van der Waals surface area contributed by atoms with Gasteiger partial charge < -0.3 is 14.9 Å². The monoisotopic (exact) mass is 423 g/mol. The summed E-state index contributed by atoms with van der Waals surface area (Å²) in [6.07, 6.45) is -1.48. The lowest BCUT2D eigenvalue weighted by molar-refractivity contribution is -0.144. The fourth-order valence-corrected chi connectivity index (χ4v) is 3.26. The molecule has 0 spiro atoms. The van der Waals surface area contributed by atoms with Gasteiger partial charge in [0.25, 0.3) is 11.8 Å². The van der Waals surface area contributed by atoms with E-state index in [2.05, 4.69) is 10.5 Å². The SMILES string of the molecule is Cc1cc(NS(=O)(=O)NC(=O)N2C[C@H](NC(=O)C(O)c3ccccc3)C2=O)no1. The number of likely N-dealkylation sites (tertiary alicyclic amines) is 1. The number of anilines is 1. The second-order valence-corrected chi connectivity index (χ2v) is 7.57. The van der Waals surface area contributed by atoms with E-state index in [1.54, 1.807) is 42.0 Å². The molecule has 2 atom stereocenters. The number of aliphatic hydroxyl groups excluding tert-OH is 1. The van der Waals surface area contributed by atoms with Crippen molar-refractivity contribution in [2.75, 3.05) is 11.3 Å². The molecule has 1 aromatic heterocycles. The first-order valence-corrected chi connectivity index (χ1v) is 9.77. The number of urea groups is 1. The van der Waals surface area contributed by atoms with Crippen molar-refractivity contribution in [1.29, 1.82) is 0 Å². The number of nitrogens with zero attached hydrogens (tertiary/aromatic N) is 2. The molecule has 0 aliphatic carbocycles.